The van der Waals surface area contributed by atoms with Crippen molar-refractivity contribution >= 4 is 11.9 Å². The first-order chi connectivity index (χ1) is 10.0. The molecule has 2 atom stereocenters. The number of methoxy groups -OCH3 is 1. The zero-order chi connectivity index (χ0) is 15.4. The smallest absolute Gasteiger partial charge is 0.311 e. The number of carboxylic acid groups (broad SMARTS) is 1. The number of hydrogen-bond acceptors (Lipinski definition) is 4. The number of aryl methyl sites for hydroxylation is 1. The van der Waals surface area contributed by atoms with Crippen LogP contribution >= 0.6 is 0 Å². The third kappa shape index (κ3) is 3.72. The zero-order valence-electron chi connectivity index (χ0n) is 12.1. The summed E-state index contributed by atoms with van der Waals surface area (Å²) in [4.78, 5) is 23.1. The van der Waals surface area contributed by atoms with Gasteiger partial charge in [-0.1, -0.05) is 17.7 Å². The van der Waals surface area contributed by atoms with Gasteiger partial charge >= 0.3 is 5.97 Å². The number of carbonyl (C=O) groups excluding carboxylic acids is 1. The van der Waals surface area contributed by atoms with Crippen LogP contribution in [0.4, 0.5) is 0 Å². The van der Waals surface area contributed by atoms with E-state index in [9.17, 15) is 9.59 Å². The molecule has 0 bridgehead atoms. The van der Waals surface area contributed by atoms with Gasteiger partial charge in [-0.3, -0.25) is 9.59 Å². The molecule has 0 aromatic heterocycles. The Labute approximate surface area is 123 Å². The van der Waals surface area contributed by atoms with Gasteiger partial charge in [0.05, 0.1) is 32.8 Å². The Morgan fingerprint density at radius 3 is 2.86 bits per heavy atom. The second-order valence-electron chi connectivity index (χ2n) is 5.15. The highest BCUT2D eigenvalue weighted by molar-refractivity contribution is 5.81. The summed E-state index contributed by atoms with van der Waals surface area (Å²) in [6.07, 6.45) is 0.147. The van der Waals surface area contributed by atoms with Gasteiger partial charge in [0.15, 0.2) is 0 Å². The lowest BCUT2D eigenvalue weighted by atomic mass is 10.0. The van der Waals surface area contributed by atoms with Crippen LogP contribution in [-0.4, -0.2) is 43.3 Å². The molecule has 0 spiro atoms. The predicted octanol–water partition coefficient (Wildman–Crippen LogP) is 0.762. The fourth-order valence-corrected chi connectivity index (χ4v) is 2.42. The van der Waals surface area contributed by atoms with Crippen LogP contribution in [0.1, 0.15) is 11.1 Å². The van der Waals surface area contributed by atoms with Crippen molar-refractivity contribution in [2.24, 2.45) is 5.92 Å². The molecule has 0 saturated carbocycles. The van der Waals surface area contributed by atoms with Crippen LogP contribution in [0.25, 0.3) is 0 Å². The summed E-state index contributed by atoms with van der Waals surface area (Å²) in [6, 6.07) is 5.13. The second kappa shape index (κ2) is 6.58. The zero-order valence-corrected chi connectivity index (χ0v) is 12.1. The van der Waals surface area contributed by atoms with Crippen molar-refractivity contribution in [3.63, 3.8) is 0 Å². The maximum atomic E-state index is 12.1. The van der Waals surface area contributed by atoms with E-state index in [0.717, 1.165) is 11.1 Å². The summed E-state index contributed by atoms with van der Waals surface area (Å²) in [5.41, 5.74) is 1.81. The number of amides is 1. The Hall–Kier alpha value is -2.08. The molecule has 6 heteroatoms. The van der Waals surface area contributed by atoms with Crippen LogP contribution in [0.2, 0.25) is 0 Å². The van der Waals surface area contributed by atoms with E-state index in [1.165, 1.54) is 0 Å². The van der Waals surface area contributed by atoms with Crippen LogP contribution in [0, 0.1) is 12.8 Å². The molecule has 1 heterocycles. The van der Waals surface area contributed by atoms with Crippen molar-refractivity contribution in [3.05, 3.63) is 29.3 Å². The SMILES string of the molecule is COc1ccc(C)cc1CC(=O)NC1COCC1C(=O)O. The number of carboxylic acids is 1. The van der Waals surface area contributed by atoms with E-state index in [4.69, 9.17) is 14.6 Å². The Balaban J connectivity index is 2.02. The average Bonchev–Trinajstić information content (AvgIpc) is 2.87. The summed E-state index contributed by atoms with van der Waals surface area (Å²) in [5, 5.41) is 11.8. The summed E-state index contributed by atoms with van der Waals surface area (Å²) in [6.45, 7) is 2.30. The summed E-state index contributed by atoms with van der Waals surface area (Å²) < 4.78 is 10.4. The monoisotopic (exact) mass is 293 g/mol. The third-order valence-corrected chi connectivity index (χ3v) is 3.53. The Bertz CT molecular complexity index is 543. The predicted molar refractivity (Wildman–Crippen MR) is 75.3 cm³/mol. The second-order valence-corrected chi connectivity index (χ2v) is 5.15. The molecule has 0 aliphatic carbocycles. The largest absolute Gasteiger partial charge is 0.496 e. The minimum Gasteiger partial charge on any atom is -0.496 e. The molecular weight excluding hydrogens is 274 g/mol. The van der Waals surface area contributed by atoms with Crippen LogP contribution in [0.3, 0.4) is 0 Å². The van der Waals surface area contributed by atoms with Gasteiger partial charge in [-0.25, -0.2) is 0 Å². The normalized spacial score (nSPS) is 21.0. The lowest BCUT2D eigenvalue weighted by Gasteiger charge is -2.16. The minimum atomic E-state index is -0.953. The minimum absolute atomic E-state index is 0.133. The van der Waals surface area contributed by atoms with E-state index in [0.29, 0.717) is 5.75 Å². The van der Waals surface area contributed by atoms with Crippen LogP contribution < -0.4 is 10.1 Å². The molecule has 1 aromatic rings. The maximum Gasteiger partial charge on any atom is 0.311 e. The molecular formula is C15H19NO5. The van der Waals surface area contributed by atoms with Crippen LogP contribution in [0.15, 0.2) is 18.2 Å². The molecule has 0 radical (unpaired) electrons. The van der Waals surface area contributed by atoms with Crippen molar-refractivity contribution in [2.75, 3.05) is 20.3 Å². The number of aliphatic carboxylic acids is 1. The first-order valence-electron chi connectivity index (χ1n) is 6.74. The number of nitrogens with one attached hydrogen (secondary N) is 1. The van der Waals surface area contributed by atoms with Gasteiger partial charge in [0.1, 0.15) is 11.7 Å². The highest BCUT2D eigenvalue weighted by Gasteiger charge is 2.35. The molecule has 1 aliphatic rings. The Kier molecular flexibility index (Phi) is 4.80. The van der Waals surface area contributed by atoms with E-state index in [1.807, 2.05) is 25.1 Å². The molecule has 1 amide bonds. The molecule has 2 rings (SSSR count). The van der Waals surface area contributed by atoms with Gasteiger partial charge in [-0.2, -0.15) is 0 Å². The molecule has 1 saturated heterocycles. The first-order valence-corrected chi connectivity index (χ1v) is 6.74. The van der Waals surface area contributed by atoms with Gasteiger partial charge in [0.2, 0.25) is 5.91 Å². The van der Waals surface area contributed by atoms with Crippen LogP contribution in [-0.2, 0) is 20.7 Å². The number of carbonyl (C=O) groups is 2. The fraction of sp³-hybridized carbons (Fsp3) is 0.467. The molecule has 21 heavy (non-hydrogen) atoms. The van der Waals surface area contributed by atoms with Crippen molar-refractivity contribution in [1.82, 2.24) is 5.32 Å². The highest BCUT2D eigenvalue weighted by Crippen LogP contribution is 2.20. The average molecular weight is 293 g/mol. The van der Waals surface area contributed by atoms with Gasteiger partial charge < -0.3 is 19.9 Å². The van der Waals surface area contributed by atoms with E-state index in [-0.39, 0.29) is 25.5 Å². The molecule has 1 aliphatic heterocycles. The quantitative estimate of drug-likeness (QED) is 0.837. The Morgan fingerprint density at radius 1 is 1.43 bits per heavy atom. The maximum absolute atomic E-state index is 12.1. The molecule has 6 nitrogen and oxygen atoms in total. The van der Waals surface area contributed by atoms with Crippen molar-refractivity contribution < 1.29 is 24.2 Å². The van der Waals surface area contributed by atoms with E-state index in [2.05, 4.69) is 5.32 Å². The Morgan fingerprint density at radius 2 is 2.19 bits per heavy atom. The molecule has 1 aromatic carbocycles. The summed E-state index contributed by atoms with van der Waals surface area (Å²) in [5.74, 6) is -1.23. The number of rotatable bonds is 5. The fourth-order valence-electron chi connectivity index (χ4n) is 2.42. The van der Waals surface area contributed by atoms with Crippen molar-refractivity contribution in [1.29, 1.82) is 0 Å². The topological polar surface area (TPSA) is 84.9 Å². The van der Waals surface area contributed by atoms with Gasteiger partial charge in [-0.05, 0) is 13.0 Å². The van der Waals surface area contributed by atoms with E-state index < -0.39 is 17.9 Å². The van der Waals surface area contributed by atoms with Crippen LogP contribution in [0.5, 0.6) is 5.75 Å². The molecule has 114 valence electrons. The number of benzene rings is 1. The summed E-state index contributed by atoms with van der Waals surface area (Å²) >= 11 is 0. The lowest BCUT2D eigenvalue weighted by molar-refractivity contribution is -0.142. The van der Waals surface area contributed by atoms with Crippen molar-refractivity contribution in [2.45, 2.75) is 19.4 Å². The number of ether oxygens (including phenoxy) is 2. The molecule has 2 N–H and O–H groups in total. The number of hydrogen-bond donors (Lipinski definition) is 2. The van der Waals surface area contributed by atoms with E-state index >= 15 is 0 Å². The van der Waals surface area contributed by atoms with Gasteiger partial charge in [0, 0.05) is 5.56 Å². The first kappa shape index (κ1) is 15.3. The van der Waals surface area contributed by atoms with Crippen molar-refractivity contribution in [3.8, 4) is 5.75 Å². The van der Waals surface area contributed by atoms with Gasteiger partial charge in [0.25, 0.3) is 0 Å². The lowest BCUT2D eigenvalue weighted by Crippen LogP contribution is -2.43. The van der Waals surface area contributed by atoms with E-state index in [1.54, 1.807) is 7.11 Å². The third-order valence-electron chi connectivity index (χ3n) is 3.53. The standard InChI is InChI=1S/C15H19NO5/c1-9-3-4-13(20-2)10(5-9)6-14(17)16-12-8-21-7-11(12)15(18)19/h3-5,11-12H,6-8H2,1-2H3,(H,16,17)(H,18,19). The molecule has 2 unspecified atom stereocenters. The molecule has 1 fully saturated rings. The highest BCUT2D eigenvalue weighted by atomic mass is 16.5. The summed E-state index contributed by atoms with van der Waals surface area (Å²) in [7, 11) is 1.55. The van der Waals surface area contributed by atoms with Gasteiger partial charge in [-0.15, -0.1) is 0 Å².